The number of benzene rings is 3. The maximum Gasteiger partial charge on any atom is 0.319 e. The van der Waals surface area contributed by atoms with Crippen molar-refractivity contribution in [2.24, 2.45) is 0 Å². The van der Waals surface area contributed by atoms with Crippen LogP contribution in [0.2, 0.25) is 0 Å². The van der Waals surface area contributed by atoms with Crippen LogP contribution in [0.3, 0.4) is 0 Å². The molecule has 0 atom stereocenters. The molecule has 3 amide bonds. The summed E-state index contributed by atoms with van der Waals surface area (Å²) in [6.45, 7) is 2.09. The average Bonchev–Trinajstić information content (AvgIpc) is 2.73. The van der Waals surface area contributed by atoms with E-state index in [9.17, 15) is 9.59 Å². The van der Waals surface area contributed by atoms with Gasteiger partial charge < -0.3 is 20.3 Å². The first-order chi connectivity index (χ1) is 14.1. The molecular weight excluding hydrogens is 366 g/mol. The number of anilines is 2. The minimum atomic E-state index is -0.325. The van der Waals surface area contributed by atoms with Crippen molar-refractivity contribution < 1.29 is 14.3 Å². The lowest BCUT2D eigenvalue weighted by Gasteiger charge is -2.24. The molecule has 3 aromatic carbocycles. The largest absolute Gasteiger partial charge is 0.455 e. The second kappa shape index (κ2) is 9.94. The Morgan fingerprint density at radius 3 is 2.17 bits per heavy atom. The zero-order valence-electron chi connectivity index (χ0n) is 16.2. The van der Waals surface area contributed by atoms with E-state index in [1.165, 1.54) is 6.92 Å². The molecule has 2 N–H and O–H groups in total. The molecule has 148 valence electrons. The normalized spacial score (nSPS) is 10.1. The van der Waals surface area contributed by atoms with E-state index in [-0.39, 0.29) is 18.5 Å². The predicted molar refractivity (Wildman–Crippen MR) is 114 cm³/mol. The molecule has 6 heteroatoms. The lowest BCUT2D eigenvalue weighted by Crippen LogP contribution is -2.39. The van der Waals surface area contributed by atoms with Crippen molar-refractivity contribution in [1.82, 2.24) is 5.32 Å². The summed E-state index contributed by atoms with van der Waals surface area (Å²) in [5.41, 5.74) is 1.35. The van der Waals surface area contributed by atoms with E-state index < -0.39 is 0 Å². The summed E-state index contributed by atoms with van der Waals surface area (Å²) in [5.74, 6) is 1.12. The first kappa shape index (κ1) is 19.9. The van der Waals surface area contributed by atoms with Crippen LogP contribution in [0.1, 0.15) is 6.92 Å². The molecule has 6 nitrogen and oxygen atoms in total. The van der Waals surface area contributed by atoms with Crippen LogP contribution in [0.5, 0.6) is 11.5 Å². The van der Waals surface area contributed by atoms with E-state index in [1.54, 1.807) is 17.0 Å². The van der Waals surface area contributed by atoms with Crippen LogP contribution in [0.15, 0.2) is 84.9 Å². The molecular formula is C23H23N3O3. The molecule has 0 aromatic heterocycles. The van der Waals surface area contributed by atoms with Crippen LogP contribution >= 0.6 is 0 Å². The number of amides is 3. The van der Waals surface area contributed by atoms with Crippen LogP contribution < -0.4 is 20.3 Å². The lowest BCUT2D eigenvalue weighted by atomic mass is 10.2. The molecule has 29 heavy (non-hydrogen) atoms. The highest BCUT2D eigenvalue weighted by atomic mass is 16.5. The van der Waals surface area contributed by atoms with Gasteiger partial charge in [-0.2, -0.15) is 0 Å². The summed E-state index contributed by atoms with van der Waals surface area (Å²) in [6, 6.07) is 25.6. The third-order valence-corrected chi connectivity index (χ3v) is 4.16. The first-order valence-corrected chi connectivity index (χ1v) is 9.33. The molecule has 0 saturated heterocycles. The van der Waals surface area contributed by atoms with Gasteiger partial charge in [0, 0.05) is 25.7 Å². The molecule has 0 saturated carbocycles. The Morgan fingerprint density at radius 2 is 1.48 bits per heavy atom. The minimum Gasteiger partial charge on any atom is -0.455 e. The number of carbonyl (C=O) groups is 2. The smallest absolute Gasteiger partial charge is 0.319 e. The fourth-order valence-corrected chi connectivity index (χ4v) is 2.81. The van der Waals surface area contributed by atoms with Crippen LogP contribution in [0, 0.1) is 0 Å². The van der Waals surface area contributed by atoms with Crippen LogP contribution in [0.25, 0.3) is 0 Å². The summed E-state index contributed by atoms with van der Waals surface area (Å²) >= 11 is 0. The topological polar surface area (TPSA) is 70.7 Å². The Balaban J connectivity index is 1.64. The second-order valence-electron chi connectivity index (χ2n) is 6.30. The Labute approximate surface area is 170 Å². The molecule has 0 aliphatic heterocycles. The maximum absolute atomic E-state index is 12.3. The minimum absolute atomic E-state index is 0.139. The van der Waals surface area contributed by atoms with Crippen LogP contribution in [-0.4, -0.2) is 25.0 Å². The molecule has 0 bridgehead atoms. The number of nitrogens with zero attached hydrogens (tertiary/aromatic N) is 1. The Hall–Kier alpha value is -3.80. The predicted octanol–water partition coefficient (Wildman–Crippen LogP) is 4.65. The van der Waals surface area contributed by atoms with Gasteiger partial charge in [-0.3, -0.25) is 4.79 Å². The standard InChI is InChI=1S/C23H23N3O3/c1-18(27)26(17-16-24-23(28)25-19-10-4-2-5-11-19)21-14-8-9-15-22(21)29-20-12-6-3-7-13-20/h2-15H,16-17H2,1H3,(H2,24,25,28). The van der Waals surface area contributed by atoms with Gasteiger partial charge in [0.25, 0.3) is 0 Å². The van der Waals surface area contributed by atoms with E-state index in [0.29, 0.717) is 29.4 Å². The summed E-state index contributed by atoms with van der Waals surface area (Å²) in [7, 11) is 0. The number of urea groups is 1. The van der Waals surface area contributed by atoms with E-state index in [1.807, 2.05) is 72.8 Å². The molecule has 0 heterocycles. The average molecular weight is 389 g/mol. The molecule has 3 aromatic rings. The molecule has 0 unspecified atom stereocenters. The van der Waals surface area contributed by atoms with Gasteiger partial charge in [0.1, 0.15) is 5.75 Å². The fraction of sp³-hybridized carbons (Fsp3) is 0.130. The number of para-hydroxylation sites is 4. The highest BCUT2D eigenvalue weighted by Crippen LogP contribution is 2.32. The number of ether oxygens (including phenoxy) is 1. The molecule has 0 radical (unpaired) electrons. The molecule has 3 rings (SSSR count). The number of hydrogen-bond acceptors (Lipinski definition) is 3. The van der Waals surface area contributed by atoms with Crippen molar-refractivity contribution in [3.05, 3.63) is 84.9 Å². The maximum atomic E-state index is 12.3. The number of hydrogen-bond donors (Lipinski definition) is 2. The van der Waals surface area contributed by atoms with Gasteiger partial charge >= 0.3 is 6.03 Å². The Morgan fingerprint density at radius 1 is 0.862 bits per heavy atom. The van der Waals surface area contributed by atoms with E-state index in [0.717, 1.165) is 0 Å². The first-order valence-electron chi connectivity index (χ1n) is 9.33. The van der Waals surface area contributed by atoms with Crippen LogP contribution in [0.4, 0.5) is 16.2 Å². The van der Waals surface area contributed by atoms with Crippen molar-refractivity contribution in [2.45, 2.75) is 6.92 Å². The van der Waals surface area contributed by atoms with Gasteiger partial charge in [0.2, 0.25) is 5.91 Å². The summed E-state index contributed by atoms with van der Waals surface area (Å²) in [6.07, 6.45) is 0. The van der Waals surface area contributed by atoms with Crippen molar-refractivity contribution in [2.75, 3.05) is 23.3 Å². The zero-order chi connectivity index (χ0) is 20.5. The summed E-state index contributed by atoms with van der Waals surface area (Å²) in [5, 5.41) is 5.52. The van der Waals surface area contributed by atoms with Gasteiger partial charge in [-0.25, -0.2) is 4.79 Å². The highest BCUT2D eigenvalue weighted by molar-refractivity contribution is 5.93. The molecule has 0 aliphatic rings. The lowest BCUT2D eigenvalue weighted by molar-refractivity contribution is -0.116. The Bertz CT molecular complexity index is 946. The van der Waals surface area contributed by atoms with Gasteiger partial charge in [-0.15, -0.1) is 0 Å². The highest BCUT2D eigenvalue weighted by Gasteiger charge is 2.16. The third kappa shape index (κ3) is 5.84. The van der Waals surface area contributed by atoms with Crippen molar-refractivity contribution in [3.8, 4) is 11.5 Å². The van der Waals surface area contributed by atoms with Gasteiger partial charge in [0.15, 0.2) is 5.75 Å². The van der Waals surface area contributed by atoms with Crippen molar-refractivity contribution >= 4 is 23.3 Å². The monoisotopic (exact) mass is 389 g/mol. The van der Waals surface area contributed by atoms with E-state index in [4.69, 9.17) is 4.74 Å². The third-order valence-electron chi connectivity index (χ3n) is 4.16. The molecule has 0 aliphatic carbocycles. The quantitative estimate of drug-likeness (QED) is 0.618. The van der Waals surface area contributed by atoms with E-state index in [2.05, 4.69) is 10.6 Å². The van der Waals surface area contributed by atoms with Crippen molar-refractivity contribution in [1.29, 1.82) is 0 Å². The Kier molecular flexibility index (Phi) is 6.84. The zero-order valence-corrected chi connectivity index (χ0v) is 16.2. The second-order valence-corrected chi connectivity index (χ2v) is 6.30. The van der Waals surface area contributed by atoms with E-state index >= 15 is 0 Å². The molecule has 0 spiro atoms. The molecule has 0 fully saturated rings. The number of carbonyl (C=O) groups excluding carboxylic acids is 2. The van der Waals surface area contributed by atoms with Gasteiger partial charge in [0.05, 0.1) is 5.69 Å². The SMILES string of the molecule is CC(=O)N(CCNC(=O)Nc1ccccc1)c1ccccc1Oc1ccccc1. The number of nitrogens with one attached hydrogen (secondary N) is 2. The van der Waals surface area contributed by atoms with Crippen molar-refractivity contribution in [3.63, 3.8) is 0 Å². The summed E-state index contributed by atoms with van der Waals surface area (Å²) in [4.78, 5) is 25.9. The fourth-order valence-electron chi connectivity index (χ4n) is 2.81. The van der Waals surface area contributed by atoms with Gasteiger partial charge in [-0.05, 0) is 36.4 Å². The van der Waals surface area contributed by atoms with Crippen LogP contribution in [-0.2, 0) is 4.79 Å². The number of rotatable bonds is 7. The van der Waals surface area contributed by atoms with Gasteiger partial charge in [-0.1, -0.05) is 48.5 Å². The summed E-state index contributed by atoms with van der Waals surface area (Å²) < 4.78 is 5.95.